The molecule has 2 aromatic heterocycles. The van der Waals surface area contributed by atoms with Gasteiger partial charge in [-0.15, -0.1) is 0 Å². The monoisotopic (exact) mass is 376 g/mol. The Kier molecular flexibility index (Phi) is 5.96. The van der Waals surface area contributed by atoms with Gasteiger partial charge < -0.3 is 15.4 Å². The maximum Gasteiger partial charge on any atom is 0.274 e. The highest BCUT2D eigenvalue weighted by molar-refractivity contribution is 6.05. The van der Waals surface area contributed by atoms with E-state index in [9.17, 15) is 9.59 Å². The maximum absolute atomic E-state index is 12.6. The van der Waals surface area contributed by atoms with Gasteiger partial charge in [0.1, 0.15) is 11.4 Å². The van der Waals surface area contributed by atoms with Crippen LogP contribution in [0.3, 0.4) is 0 Å². The molecule has 3 rings (SSSR count). The van der Waals surface area contributed by atoms with Crippen LogP contribution in [-0.2, 0) is 6.54 Å². The minimum Gasteiger partial charge on any atom is -0.495 e. The van der Waals surface area contributed by atoms with Gasteiger partial charge in [0.2, 0.25) is 0 Å². The number of amides is 2. The summed E-state index contributed by atoms with van der Waals surface area (Å²) in [7, 11) is 1.53. The van der Waals surface area contributed by atoms with Crippen molar-refractivity contribution in [1.29, 1.82) is 0 Å². The summed E-state index contributed by atoms with van der Waals surface area (Å²) in [5.74, 6) is -0.167. The van der Waals surface area contributed by atoms with Crippen LogP contribution in [0.1, 0.15) is 32.0 Å². The molecule has 3 aromatic rings. The molecule has 2 N–H and O–H groups in total. The zero-order valence-electron chi connectivity index (χ0n) is 15.6. The van der Waals surface area contributed by atoms with Crippen molar-refractivity contribution in [3.8, 4) is 5.75 Å². The number of nitrogens with zero attached hydrogens (tertiary/aromatic N) is 2. The highest BCUT2D eigenvalue weighted by Crippen LogP contribution is 2.25. The number of anilines is 1. The van der Waals surface area contributed by atoms with Gasteiger partial charge >= 0.3 is 0 Å². The molecule has 1 aromatic carbocycles. The predicted octanol–water partition coefficient (Wildman–Crippen LogP) is 2.98. The van der Waals surface area contributed by atoms with E-state index in [1.54, 1.807) is 24.5 Å². The molecular formula is C21H20N4O3. The van der Waals surface area contributed by atoms with E-state index in [0.29, 0.717) is 23.5 Å². The Bertz CT molecular complexity index is 990. The second kappa shape index (κ2) is 8.77. The number of nitrogens with one attached hydrogen (secondary N) is 2. The molecule has 0 atom stereocenters. The molecule has 28 heavy (non-hydrogen) atoms. The molecule has 2 heterocycles. The molecule has 0 bridgehead atoms. The Morgan fingerprint density at radius 3 is 2.54 bits per heavy atom. The van der Waals surface area contributed by atoms with Gasteiger partial charge in [0, 0.05) is 30.7 Å². The van der Waals surface area contributed by atoms with E-state index in [0.717, 1.165) is 11.1 Å². The largest absolute Gasteiger partial charge is 0.495 e. The van der Waals surface area contributed by atoms with E-state index in [-0.39, 0.29) is 11.6 Å². The van der Waals surface area contributed by atoms with Gasteiger partial charge in [0.15, 0.2) is 0 Å². The Morgan fingerprint density at radius 2 is 1.79 bits per heavy atom. The Morgan fingerprint density at radius 1 is 1.00 bits per heavy atom. The number of methoxy groups -OCH3 is 1. The molecule has 0 aliphatic rings. The molecule has 142 valence electrons. The van der Waals surface area contributed by atoms with Crippen molar-refractivity contribution in [2.24, 2.45) is 0 Å². The standard InChI is InChI=1S/C21H20N4O3/c1-14-3-4-19(28-2)17(11-14)25-21(27)18-12-16(7-10-23-18)20(26)24-13-15-5-8-22-9-6-15/h3-12H,13H2,1-2H3,(H,24,26)(H,25,27). The minimum absolute atomic E-state index is 0.139. The van der Waals surface area contributed by atoms with E-state index < -0.39 is 5.91 Å². The first-order valence-electron chi connectivity index (χ1n) is 8.66. The fraction of sp³-hybridized carbons (Fsp3) is 0.143. The molecule has 0 radical (unpaired) electrons. The first-order valence-corrected chi connectivity index (χ1v) is 8.66. The third-order valence-corrected chi connectivity index (χ3v) is 4.06. The summed E-state index contributed by atoms with van der Waals surface area (Å²) < 4.78 is 5.27. The van der Waals surface area contributed by atoms with E-state index in [1.165, 1.54) is 19.4 Å². The summed E-state index contributed by atoms with van der Waals surface area (Å²) in [6.45, 7) is 2.28. The molecule has 2 amide bonds. The first kappa shape index (κ1) is 19.0. The molecule has 0 spiro atoms. The third kappa shape index (κ3) is 4.70. The molecule has 0 saturated heterocycles. The number of aromatic nitrogens is 2. The van der Waals surface area contributed by atoms with Crippen LogP contribution in [0, 0.1) is 6.92 Å². The molecule has 7 nitrogen and oxygen atoms in total. The van der Waals surface area contributed by atoms with Crippen LogP contribution in [0.25, 0.3) is 0 Å². The topological polar surface area (TPSA) is 93.2 Å². The normalized spacial score (nSPS) is 10.2. The molecular weight excluding hydrogens is 356 g/mol. The Balaban J connectivity index is 1.71. The number of pyridine rings is 2. The zero-order chi connectivity index (χ0) is 19.9. The first-order chi connectivity index (χ1) is 13.6. The number of carbonyl (C=O) groups is 2. The van der Waals surface area contributed by atoms with Gasteiger partial charge in [-0.25, -0.2) is 0 Å². The smallest absolute Gasteiger partial charge is 0.274 e. The average molecular weight is 376 g/mol. The zero-order valence-corrected chi connectivity index (χ0v) is 15.6. The Hall–Kier alpha value is -3.74. The lowest BCUT2D eigenvalue weighted by Gasteiger charge is -2.11. The van der Waals surface area contributed by atoms with Crippen LogP contribution in [0.4, 0.5) is 5.69 Å². The van der Waals surface area contributed by atoms with E-state index >= 15 is 0 Å². The lowest BCUT2D eigenvalue weighted by Crippen LogP contribution is -2.23. The van der Waals surface area contributed by atoms with E-state index in [2.05, 4.69) is 20.6 Å². The maximum atomic E-state index is 12.6. The lowest BCUT2D eigenvalue weighted by atomic mass is 10.1. The van der Waals surface area contributed by atoms with Crippen LogP contribution in [0.2, 0.25) is 0 Å². The fourth-order valence-corrected chi connectivity index (χ4v) is 2.59. The van der Waals surface area contributed by atoms with Gasteiger partial charge in [-0.2, -0.15) is 0 Å². The van der Waals surface area contributed by atoms with Crippen molar-refractivity contribution in [3.63, 3.8) is 0 Å². The summed E-state index contributed by atoms with van der Waals surface area (Å²) in [6.07, 6.45) is 4.76. The van der Waals surface area contributed by atoms with Gasteiger partial charge in [-0.05, 0) is 54.4 Å². The number of ether oxygens (including phenoxy) is 1. The number of carbonyl (C=O) groups excluding carboxylic acids is 2. The Labute approximate surface area is 162 Å². The van der Waals surface area contributed by atoms with Crippen LogP contribution in [-0.4, -0.2) is 28.9 Å². The molecule has 0 unspecified atom stereocenters. The summed E-state index contributed by atoms with van der Waals surface area (Å²) in [6, 6.07) is 12.1. The molecule has 0 aliphatic carbocycles. The van der Waals surface area contributed by atoms with Crippen molar-refractivity contribution >= 4 is 17.5 Å². The van der Waals surface area contributed by atoms with Crippen molar-refractivity contribution in [3.05, 3.63) is 83.4 Å². The highest BCUT2D eigenvalue weighted by Gasteiger charge is 2.14. The molecule has 0 aliphatic heterocycles. The second-order valence-electron chi connectivity index (χ2n) is 6.13. The number of hydrogen-bond acceptors (Lipinski definition) is 5. The summed E-state index contributed by atoms with van der Waals surface area (Å²) >= 11 is 0. The van der Waals surface area contributed by atoms with Crippen LogP contribution in [0.15, 0.2) is 61.1 Å². The van der Waals surface area contributed by atoms with Crippen LogP contribution in [0.5, 0.6) is 5.75 Å². The SMILES string of the molecule is COc1ccc(C)cc1NC(=O)c1cc(C(=O)NCc2ccncc2)ccn1. The number of hydrogen-bond donors (Lipinski definition) is 2. The predicted molar refractivity (Wildman–Crippen MR) is 105 cm³/mol. The number of aryl methyl sites for hydroxylation is 1. The van der Waals surface area contributed by atoms with Gasteiger partial charge in [0.05, 0.1) is 12.8 Å². The third-order valence-electron chi connectivity index (χ3n) is 4.06. The van der Waals surface area contributed by atoms with Crippen molar-refractivity contribution in [2.45, 2.75) is 13.5 Å². The van der Waals surface area contributed by atoms with Crippen molar-refractivity contribution in [2.75, 3.05) is 12.4 Å². The quantitative estimate of drug-likeness (QED) is 0.690. The van der Waals surface area contributed by atoms with Crippen LogP contribution >= 0.6 is 0 Å². The van der Waals surface area contributed by atoms with E-state index in [1.807, 2.05) is 31.2 Å². The van der Waals surface area contributed by atoms with E-state index in [4.69, 9.17) is 4.74 Å². The minimum atomic E-state index is -0.423. The molecule has 0 saturated carbocycles. The second-order valence-corrected chi connectivity index (χ2v) is 6.13. The van der Waals surface area contributed by atoms with Crippen molar-refractivity contribution in [1.82, 2.24) is 15.3 Å². The lowest BCUT2D eigenvalue weighted by molar-refractivity contribution is 0.0950. The summed E-state index contributed by atoms with van der Waals surface area (Å²) in [4.78, 5) is 33.0. The molecule has 7 heteroatoms. The molecule has 0 fully saturated rings. The summed E-state index contributed by atoms with van der Waals surface area (Å²) in [5.41, 5.74) is 2.95. The van der Waals surface area contributed by atoms with Gasteiger partial charge in [-0.1, -0.05) is 6.07 Å². The van der Waals surface area contributed by atoms with Gasteiger partial charge in [-0.3, -0.25) is 19.6 Å². The average Bonchev–Trinajstić information content (AvgIpc) is 2.73. The van der Waals surface area contributed by atoms with Crippen molar-refractivity contribution < 1.29 is 14.3 Å². The highest BCUT2D eigenvalue weighted by atomic mass is 16.5. The fourth-order valence-electron chi connectivity index (χ4n) is 2.59. The summed E-state index contributed by atoms with van der Waals surface area (Å²) in [5, 5.41) is 5.59. The number of benzene rings is 1. The van der Waals surface area contributed by atoms with Gasteiger partial charge in [0.25, 0.3) is 11.8 Å². The van der Waals surface area contributed by atoms with Crippen LogP contribution < -0.4 is 15.4 Å². The number of rotatable bonds is 6.